The van der Waals surface area contributed by atoms with Crippen LogP contribution in [0.2, 0.25) is 0 Å². The lowest BCUT2D eigenvalue weighted by Gasteiger charge is -2.15. The third kappa shape index (κ3) is 3.27. The fraction of sp³-hybridized carbons (Fsp3) is 0.455. The quantitative estimate of drug-likeness (QED) is 0.651. The van der Waals surface area contributed by atoms with E-state index in [1.807, 2.05) is 0 Å². The molecule has 0 aliphatic heterocycles. The van der Waals surface area contributed by atoms with Crippen molar-refractivity contribution in [3.63, 3.8) is 0 Å². The fourth-order valence-electron chi connectivity index (χ4n) is 3.44. The van der Waals surface area contributed by atoms with Crippen molar-refractivity contribution in [3.05, 3.63) is 68.8 Å². The van der Waals surface area contributed by atoms with Gasteiger partial charge in [-0.1, -0.05) is 38.1 Å². The van der Waals surface area contributed by atoms with Gasteiger partial charge < -0.3 is 0 Å². The minimum atomic E-state index is 1.13. The van der Waals surface area contributed by atoms with Crippen LogP contribution in [-0.4, -0.2) is 0 Å². The van der Waals surface area contributed by atoms with Gasteiger partial charge in [-0.3, -0.25) is 0 Å². The SMILES string of the molecule is CCc1ccc(CCc2ccc(CC)c(C)c2C)c(C)c1C. The Bertz CT molecular complexity index is 603. The zero-order valence-corrected chi connectivity index (χ0v) is 15.1. The monoisotopic (exact) mass is 294 g/mol. The van der Waals surface area contributed by atoms with E-state index in [2.05, 4.69) is 65.8 Å². The zero-order chi connectivity index (χ0) is 16.3. The molecule has 118 valence electrons. The summed E-state index contributed by atoms with van der Waals surface area (Å²) in [5.41, 5.74) is 11.9. The average molecular weight is 294 g/mol. The lowest BCUT2D eigenvalue weighted by Crippen LogP contribution is -2.02. The summed E-state index contributed by atoms with van der Waals surface area (Å²) in [6.07, 6.45) is 4.54. The lowest BCUT2D eigenvalue weighted by atomic mass is 9.90. The summed E-state index contributed by atoms with van der Waals surface area (Å²) >= 11 is 0. The van der Waals surface area contributed by atoms with Crippen molar-refractivity contribution < 1.29 is 0 Å². The Morgan fingerprint density at radius 3 is 1.09 bits per heavy atom. The summed E-state index contributed by atoms with van der Waals surface area (Å²) in [5.74, 6) is 0. The summed E-state index contributed by atoms with van der Waals surface area (Å²) in [5, 5.41) is 0. The minimum absolute atomic E-state index is 1.13. The second-order valence-corrected chi connectivity index (χ2v) is 6.47. The van der Waals surface area contributed by atoms with Crippen LogP contribution in [-0.2, 0) is 25.7 Å². The molecule has 0 atom stereocenters. The summed E-state index contributed by atoms with van der Waals surface area (Å²) in [6, 6.07) is 9.31. The standard InChI is InChI=1S/C22H30/c1-7-19-9-11-21(17(5)15(19)3)13-14-22-12-10-20(8-2)16(4)18(22)6/h9-12H,7-8,13-14H2,1-6H3. The average Bonchev–Trinajstić information content (AvgIpc) is 2.52. The maximum absolute atomic E-state index is 2.34. The van der Waals surface area contributed by atoms with Crippen molar-refractivity contribution in [2.75, 3.05) is 0 Å². The molecule has 0 amide bonds. The molecule has 0 unspecified atom stereocenters. The summed E-state index contributed by atoms with van der Waals surface area (Å²) in [7, 11) is 0. The number of aryl methyl sites for hydroxylation is 4. The molecule has 0 aliphatic rings. The smallest absolute Gasteiger partial charge is 0.0235 e. The van der Waals surface area contributed by atoms with E-state index in [1.165, 1.54) is 44.5 Å². The highest BCUT2D eigenvalue weighted by Gasteiger charge is 2.08. The highest BCUT2D eigenvalue weighted by molar-refractivity contribution is 5.42. The van der Waals surface area contributed by atoms with Crippen LogP contribution < -0.4 is 0 Å². The van der Waals surface area contributed by atoms with Crippen molar-refractivity contribution in [3.8, 4) is 0 Å². The van der Waals surface area contributed by atoms with Crippen molar-refractivity contribution in [1.29, 1.82) is 0 Å². The first-order valence-corrected chi connectivity index (χ1v) is 8.65. The maximum Gasteiger partial charge on any atom is -0.0235 e. The predicted octanol–water partition coefficient (Wildman–Crippen LogP) is 5.83. The Hall–Kier alpha value is -1.56. The van der Waals surface area contributed by atoms with E-state index in [-0.39, 0.29) is 0 Å². The van der Waals surface area contributed by atoms with Gasteiger partial charge in [0.1, 0.15) is 0 Å². The number of hydrogen-bond donors (Lipinski definition) is 0. The molecule has 22 heavy (non-hydrogen) atoms. The Labute approximate surface area is 136 Å². The highest BCUT2D eigenvalue weighted by Crippen LogP contribution is 2.23. The first-order chi connectivity index (χ1) is 10.5. The van der Waals surface area contributed by atoms with Gasteiger partial charge in [-0.25, -0.2) is 0 Å². The lowest BCUT2D eigenvalue weighted by molar-refractivity contribution is 0.922. The van der Waals surface area contributed by atoms with Crippen LogP contribution in [0.3, 0.4) is 0 Å². The van der Waals surface area contributed by atoms with Gasteiger partial charge >= 0.3 is 0 Å². The van der Waals surface area contributed by atoms with Gasteiger partial charge in [0.2, 0.25) is 0 Å². The number of benzene rings is 2. The van der Waals surface area contributed by atoms with Gasteiger partial charge in [0.15, 0.2) is 0 Å². The third-order valence-electron chi connectivity index (χ3n) is 5.45. The van der Waals surface area contributed by atoms with Crippen LogP contribution in [0.25, 0.3) is 0 Å². The Morgan fingerprint density at radius 2 is 0.773 bits per heavy atom. The van der Waals surface area contributed by atoms with Crippen LogP contribution in [0, 0.1) is 27.7 Å². The van der Waals surface area contributed by atoms with Crippen molar-refractivity contribution in [2.45, 2.75) is 67.2 Å². The first-order valence-electron chi connectivity index (χ1n) is 8.65. The molecule has 0 radical (unpaired) electrons. The normalized spacial score (nSPS) is 11.0. The van der Waals surface area contributed by atoms with Gasteiger partial charge in [-0.15, -0.1) is 0 Å². The molecule has 2 rings (SSSR count). The predicted molar refractivity (Wildman–Crippen MR) is 98.0 cm³/mol. The van der Waals surface area contributed by atoms with Crippen LogP contribution in [0.1, 0.15) is 58.4 Å². The molecular weight excluding hydrogens is 264 g/mol. The van der Waals surface area contributed by atoms with Crippen LogP contribution >= 0.6 is 0 Å². The molecule has 0 spiro atoms. The molecule has 0 nitrogen and oxygen atoms in total. The van der Waals surface area contributed by atoms with E-state index in [9.17, 15) is 0 Å². The van der Waals surface area contributed by atoms with Crippen LogP contribution in [0.4, 0.5) is 0 Å². The maximum atomic E-state index is 2.34. The van der Waals surface area contributed by atoms with Gasteiger partial charge in [0.05, 0.1) is 0 Å². The van der Waals surface area contributed by atoms with E-state index < -0.39 is 0 Å². The zero-order valence-electron chi connectivity index (χ0n) is 15.1. The van der Waals surface area contributed by atoms with E-state index in [0.717, 1.165) is 25.7 Å². The van der Waals surface area contributed by atoms with E-state index in [0.29, 0.717) is 0 Å². The third-order valence-corrected chi connectivity index (χ3v) is 5.45. The minimum Gasteiger partial charge on any atom is -0.0613 e. The van der Waals surface area contributed by atoms with Gasteiger partial charge in [0.25, 0.3) is 0 Å². The van der Waals surface area contributed by atoms with E-state index in [1.54, 1.807) is 0 Å². The molecule has 0 aromatic heterocycles. The van der Waals surface area contributed by atoms with Gasteiger partial charge in [0, 0.05) is 0 Å². The van der Waals surface area contributed by atoms with Crippen LogP contribution in [0.15, 0.2) is 24.3 Å². The van der Waals surface area contributed by atoms with Crippen LogP contribution in [0.5, 0.6) is 0 Å². The highest BCUT2D eigenvalue weighted by atomic mass is 14.1. The number of rotatable bonds is 5. The first kappa shape index (κ1) is 16.8. The van der Waals surface area contributed by atoms with Crippen molar-refractivity contribution >= 4 is 0 Å². The topological polar surface area (TPSA) is 0 Å². The summed E-state index contributed by atoms with van der Waals surface area (Å²) in [6.45, 7) is 13.6. The molecule has 0 N–H and O–H groups in total. The van der Waals surface area contributed by atoms with E-state index >= 15 is 0 Å². The van der Waals surface area contributed by atoms with Gasteiger partial charge in [-0.2, -0.15) is 0 Å². The number of hydrogen-bond acceptors (Lipinski definition) is 0. The molecule has 0 heteroatoms. The molecule has 2 aromatic carbocycles. The second kappa shape index (κ2) is 7.13. The van der Waals surface area contributed by atoms with Crippen molar-refractivity contribution in [1.82, 2.24) is 0 Å². The molecule has 0 bridgehead atoms. The van der Waals surface area contributed by atoms with Gasteiger partial charge in [-0.05, 0) is 97.9 Å². The summed E-state index contributed by atoms with van der Waals surface area (Å²) < 4.78 is 0. The molecule has 0 saturated heterocycles. The Morgan fingerprint density at radius 1 is 0.500 bits per heavy atom. The van der Waals surface area contributed by atoms with E-state index in [4.69, 9.17) is 0 Å². The molecule has 0 aliphatic carbocycles. The largest absolute Gasteiger partial charge is 0.0613 e. The molecular formula is C22H30. The summed E-state index contributed by atoms with van der Waals surface area (Å²) in [4.78, 5) is 0. The second-order valence-electron chi connectivity index (χ2n) is 6.47. The molecule has 0 fully saturated rings. The molecule has 0 heterocycles. The fourth-order valence-corrected chi connectivity index (χ4v) is 3.44. The Balaban J connectivity index is 2.21. The van der Waals surface area contributed by atoms with Crippen molar-refractivity contribution in [2.24, 2.45) is 0 Å². The molecule has 2 aromatic rings. The molecule has 0 saturated carbocycles. The Kier molecular flexibility index (Phi) is 5.45.